The largest absolute Gasteiger partial charge is 0.494 e. The molecule has 2 rings (SSSR count). The Morgan fingerprint density at radius 2 is 1.81 bits per heavy atom. The summed E-state index contributed by atoms with van der Waals surface area (Å²) in [5, 5.41) is 3.17. The summed E-state index contributed by atoms with van der Waals surface area (Å²) in [5.41, 5.74) is 0.771. The minimum Gasteiger partial charge on any atom is -0.494 e. The van der Waals surface area contributed by atoms with E-state index < -0.39 is 11.6 Å². The van der Waals surface area contributed by atoms with Gasteiger partial charge in [-0.2, -0.15) is 0 Å². The van der Waals surface area contributed by atoms with E-state index in [0.29, 0.717) is 13.0 Å². The number of rotatable bonds is 7. The van der Waals surface area contributed by atoms with E-state index in [0.717, 1.165) is 23.8 Å². The molecule has 21 heavy (non-hydrogen) atoms. The topological polar surface area (TPSA) is 21.3 Å². The van der Waals surface area contributed by atoms with Crippen molar-refractivity contribution in [3.8, 4) is 5.75 Å². The lowest BCUT2D eigenvalue weighted by Crippen LogP contribution is -2.29. The SMILES string of the molecule is CNC(CCOc1ccccc1)Cc1ccc(F)c(F)c1. The van der Waals surface area contributed by atoms with Crippen LogP contribution in [0.25, 0.3) is 0 Å². The van der Waals surface area contributed by atoms with Gasteiger partial charge in [-0.1, -0.05) is 24.3 Å². The minimum absolute atomic E-state index is 0.151. The van der Waals surface area contributed by atoms with E-state index in [1.54, 1.807) is 6.07 Å². The molecular formula is C17H19F2NO. The Labute approximate surface area is 123 Å². The van der Waals surface area contributed by atoms with Gasteiger partial charge in [0.15, 0.2) is 11.6 Å². The fourth-order valence-corrected chi connectivity index (χ4v) is 2.14. The summed E-state index contributed by atoms with van der Waals surface area (Å²) < 4.78 is 31.7. The predicted octanol–water partition coefficient (Wildman–Crippen LogP) is 3.56. The van der Waals surface area contributed by atoms with Crippen LogP contribution in [-0.2, 0) is 6.42 Å². The molecule has 0 aromatic heterocycles. The molecule has 0 heterocycles. The number of nitrogens with one attached hydrogen (secondary N) is 1. The molecule has 2 aromatic rings. The first-order chi connectivity index (χ1) is 10.2. The van der Waals surface area contributed by atoms with Crippen molar-refractivity contribution >= 4 is 0 Å². The fourth-order valence-electron chi connectivity index (χ4n) is 2.14. The predicted molar refractivity (Wildman–Crippen MR) is 79.5 cm³/mol. The Morgan fingerprint density at radius 1 is 1.05 bits per heavy atom. The smallest absolute Gasteiger partial charge is 0.159 e. The number of ether oxygens (including phenoxy) is 1. The molecule has 0 aliphatic rings. The van der Waals surface area contributed by atoms with E-state index in [9.17, 15) is 8.78 Å². The highest BCUT2D eigenvalue weighted by Gasteiger charge is 2.10. The van der Waals surface area contributed by atoms with Crippen LogP contribution in [0.5, 0.6) is 5.75 Å². The van der Waals surface area contributed by atoms with E-state index in [2.05, 4.69) is 5.32 Å². The molecule has 1 N–H and O–H groups in total. The van der Waals surface area contributed by atoms with Crippen LogP contribution in [0, 0.1) is 11.6 Å². The van der Waals surface area contributed by atoms with E-state index in [1.165, 1.54) is 6.07 Å². The Kier molecular flexibility index (Phi) is 5.69. The molecule has 112 valence electrons. The molecule has 4 heteroatoms. The van der Waals surface area contributed by atoms with E-state index in [4.69, 9.17) is 4.74 Å². The van der Waals surface area contributed by atoms with Gasteiger partial charge in [-0.3, -0.25) is 0 Å². The molecule has 1 atom stereocenters. The number of hydrogen-bond acceptors (Lipinski definition) is 2. The second kappa shape index (κ2) is 7.74. The Bertz CT molecular complexity index is 560. The van der Waals surface area contributed by atoms with Crippen molar-refractivity contribution in [1.29, 1.82) is 0 Å². The zero-order valence-corrected chi connectivity index (χ0v) is 12.0. The molecule has 0 saturated heterocycles. The summed E-state index contributed by atoms with van der Waals surface area (Å²) in [6.45, 7) is 0.569. The van der Waals surface area contributed by atoms with Crippen LogP contribution >= 0.6 is 0 Å². The van der Waals surface area contributed by atoms with Gasteiger partial charge in [0.1, 0.15) is 5.75 Å². The summed E-state index contributed by atoms with van der Waals surface area (Å²) in [6.07, 6.45) is 1.41. The molecule has 0 bridgehead atoms. The summed E-state index contributed by atoms with van der Waals surface area (Å²) in [5.74, 6) is -0.782. The lowest BCUT2D eigenvalue weighted by atomic mass is 10.0. The first kappa shape index (κ1) is 15.4. The summed E-state index contributed by atoms with van der Waals surface area (Å²) in [4.78, 5) is 0. The maximum absolute atomic E-state index is 13.2. The van der Waals surface area contributed by atoms with Gasteiger partial charge in [0, 0.05) is 6.04 Å². The van der Waals surface area contributed by atoms with Crippen molar-refractivity contribution in [2.45, 2.75) is 18.9 Å². The maximum Gasteiger partial charge on any atom is 0.159 e. The molecule has 0 aliphatic heterocycles. The van der Waals surface area contributed by atoms with Gasteiger partial charge < -0.3 is 10.1 Å². The molecule has 1 unspecified atom stereocenters. The first-order valence-electron chi connectivity index (χ1n) is 6.98. The molecule has 0 amide bonds. The van der Waals surface area contributed by atoms with Crippen molar-refractivity contribution in [3.63, 3.8) is 0 Å². The van der Waals surface area contributed by atoms with E-state index in [1.807, 2.05) is 37.4 Å². The van der Waals surface area contributed by atoms with Crippen LogP contribution in [0.2, 0.25) is 0 Å². The summed E-state index contributed by atoms with van der Waals surface area (Å²) in [7, 11) is 1.85. The average molecular weight is 291 g/mol. The van der Waals surface area contributed by atoms with Gasteiger partial charge in [-0.15, -0.1) is 0 Å². The van der Waals surface area contributed by atoms with Gasteiger partial charge >= 0.3 is 0 Å². The number of halogens is 2. The van der Waals surface area contributed by atoms with E-state index >= 15 is 0 Å². The van der Waals surface area contributed by atoms with Gasteiger partial charge in [-0.25, -0.2) is 8.78 Å². The molecule has 0 radical (unpaired) electrons. The lowest BCUT2D eigenvalue weighted by molar-refractivity contribution is 0.288. The van der Waals surface area contributed by atoms with Crippen molar-refractivity contribution in [2.75, 3.05) is 13.7 Å². The van der Waals surface area contributed by atoms with Gasteiger partial charge in [-0.05, 0) is 49.7 Å². The normalized spacial score (nSPS) is 12.1. The molecule has 0 aliphatic carbocycles. The van der Waals surface area contributed by atoms with Crippen LogP contribution < -0.4 is 10.1 Å². The standard InChI is InChI=1S/C17H19F2NO/c1-20-14(9-10-21-15-5-3-2-4-6-15)11-13-7-8-16(18)17(19)12-13/h2-8,12,14,20H,9-11H2,1H3. The zero-order chi connectivity index (χ0) is 15.1. The second-order valence-electron chi connectivity index (χ2n) is 4.89. The van der Waals surface area contributed by atoms with Gasteiger partial charge in [0.05, 0.1) is 6.61 Å². The monoisotopic (exact) mass is 291 g/mol. The molecule has 2 aromatic carbocycles. The highest BCUT2D eigenvalue weighted by molar-refractivity contribution is 5.21. The van der Waals surface area contributed by atoms with Crippen LogP contribution in [-0.4, -0.2) is 19.7 Å². The summed E-state index contributed by atoms with van der Waals surface area (Å²) >= 11 is 0. The van der Waals surface area contributed by atoms with E-state index in [-0.39, 0.29) is 6.04 Å². The summed E-state index contributed by atoms with van der Waals surface area (Å²) in [6, 6.07) is 13.8. The highest BCUT2D eigenvalue weighted by atomic mass is 19.2. The highest BCUT2D eigenvalue weighted by Crippen LogP contribution is 2.13. The molecular weight excluding hydrogens is 272 g/mol. The second-order valence-corrected chi connectivity index (χ2v) is 4.89. The molecule has 2 nitrogen and oxygen atoms in total. The third kappa shape index (κ3) is 4.83. The zero-order valence-electron chi connectivity index (χ0n) is 12.0. The van der Waals surface area contributed by atoms with Crippen molar-refractivity contribution in [3.05, 3.63) is 65.7 Å². The maximum atomic E-state index is 13.2. The van der Waals surface area contributed by atoms with Crippen molar-refractivity contribution in [2.24, 2.45) is 0 Å². The Morgan fingerprint density at radius 3 is 2.48 bits per heavy atom. The molecule has 0 saturated carbocycles. The van der Waals surface area contributed by atoms with Crippen LogP contribution in [0.4, 0.5) is 8.78 Å². The first-order valence-corrected chi connectivity index (χ1v) is 6.98. The minimum atomic E-state index is -0.813. The van der Waals surface area contributed by atoms with Gasteiger partial charge in [0.25, 0.3) is 0 Å². The van der Waals surface area contributed by atoms with Crippen LogP contribution in [0.15, 0.2) is 48.5 Å². The molecule has 0 fully saturated rings. The number of benzene rings is 2. The van der Waals surface area contributed by atoms with Crippen LogP contribution in [0.1, 0.15) is 12.0 Å². The number of likely N-dealkylation sites (N-methyl/N-ethyl adjacent to an activating group) is 1. The number of hydrogen-bond donors (Lipinski definition) is 1. The van der Waals surface area contributed by atoms with Gasteiger partial charge in [0.2, 0.25) is 0 Å². The third-order valence-electron chi connectivity index (χ3n) is 3.35. The van der Waals surface area contributed by atoms with Crippen LogP contribution in [0.3, 0.4) is 0 Å². The molecule has 0 spiro atoms. The fraction of sp³-hybridized carbons (Fsp3) is 0.294. The van der Waals surface area contributed by atoms with Crippen molar-refractivity contribution in [1.82, 2.24) is 5.32 Å². The lowest BCUT2D eigenvalue weighted by Gasteiger charge is -2.16. The quantitative estimate of drug-likeness (QED) is 0.842. The Hall–Kier alpha value is -1.94. The average Bonchev–Trinajstić information content (AvgIpc) is 2.51. The Balaban J connectivity index is 1.84. The van der Waals surface area contributed by atoms with Crippen molar-refractivity contribution < 1.29 is 13.5 Å². The number of para-hydroxylation sites is 1. The third-order valence-corrected chi connectivity index (χ3v) is 3.35.